The fraction of sp³-hybridized carbons (Fsp3) is 0.250. The minimum absolute atomic E-state index is 0.0585. The number of carboxylic acids is 1. The number of pyridine rings is 2. The Kier molecular flexibility index (Phi) is 7.71. The topological polar surface area (TPSA) is 97.0 Å². The van der Waals surface area contributed by atoms with E-state index in [0.717, 1.165) is 8.96 Å². The molecule has 1 N–H and O–H groups in total. The average molecular weight is 648 g/mol. The van der Waals surface area contributed by atoms with Crippen LogP contribution >= 0.6 is 22.6 Å². The Labute approximate surface area is 225 Å². The van der Waals surface area contributed by atoms with Gasteiger partial charge in [0.05, 0.1) is 17.6 Å². The predicted molar refractivity (Wildman–Crippen MR) is 133 cm³/mol. The minimum Gasteiger partial charge on any atom is -0.475 e. The Hall–Kier alpha value is -3.56. The lowest BCUT2D eigenvalue weighted by Crippen LogP contribution is -2.55. The van der Waals surface area contributed by atoms with Crippen molar-refractivity contribution in [3.05, 3.63) is 70.2 Å². The standard InChI is InChI=1S/C22H17F2IN4O2.C2HF3O2/c23-22(24)7-10-29(21(30)16-2-1-9-28-11-8-26-20(16)28)13-18(22)31-19-6-3-14-12-15(25)4-5-17(14)27-19;3-2(4,5)1(6)7/h1-6,8-9,11-12,18H,7,10,13H2;(H,6,7)/t18-;/m0./s1. The van der Waals surface area contributed by atoms with Gasteiger partial charge >= 0.3 is 12.1 Å². The summed E-state index contributed by atoms with van der Waals surface area (Å²) < 4.78 is 69.4. The highest BCUT2D eigenvalue weighted by Crippen LogP contribution is 2.32. The van der Waals surface area contributed by atoms with Crippen LogP contribution in [0.15, 0.2) is 61.1 Å². The summed E-state index contributed by atoms with van der Waals surface area (Å²) in [6, 6.07) is 12.4. The van der Waals surface area contributed by atoms with Gasteiger partial charge in [0.15, 0.2) is 6.10 Å². The lowest BCUT2D eigenvalue weighted by molar-refractivity contribution is -0.192. The number of amides is 1. The highest BCUT2D eigenvalue weighted by Gasteiger charge is 2.47. The Morgan fingerprint density at radius 3 is 2.58 bits per heavy atom. The van der Waals surface area contributed by atoms with Crippen LogP contribution in [0.2, 0.25) is 0 Å². The second-order valence-corrected chi connectivity index (χ2v) is 9.48. The van der Waals surface area contributed by atoms with Crippen molar-refractivity contribution in [1.29, 1.82) is 0 Å². The molecule has 14 heteroatoms. The zero-order chi connectivity index (χ0) is 27.7. The first kappa shape index (κ1) is 27.5. The quantitative estimate of drug-likeness (QED) is 0.247. The molecule has 0 aliphatic carbocycles. The summed E-state index contributed by atoms with van der Waals surface area (Å²) in [5.41, 5.74) is 1.53. The fourth-order valence-electron chi connectivity index (χ4n) is 3.75. The third-order valence-corrected chi connectivity index (χ3v) is 6.31. The number of aromatic nitrogens is 3. The molecule has 1 saturated heterocycles. The highest BCUT2D eigenvalue weighted by atomic mass is 127. The summed E-state index contributed by atoms with van der Waals surface area (Å²) in [6.45, 7) is -0.295. The fourth-order valence-corrected chi connectivity index (χ4v) is 4.27. The molecule has 0 saturated carbocycles. The zero-order valence-corrected chi connectivity index (χ0v) is 21.4. The van der Waals surface area contributed by atoms with E-state index in [-0.39, 0.29) is 24.9 Å². The van der Waals surface area contributed by atoms with Crippen LogP contribution in [0.1, 0.15) is 16.8 Å². The van der Waals surface area contributed by atoms with E-state index in [1.807, 2.05) is 18.2 Å². The number of benzene rings is 1. The number of likely N-dealkylation sites (tertiary alicyclic amines) is 1. The predicted octanol–water partition coefficient (Wildman–Crippen LogP) is 5.05. The van der Waals surface area contributed by atoms with Gasteiger partial charge in [-0.05, 0) is 59.0 Å². The lowest BCUT2D eigenvalue weighted by Gasteiger charge is -2.38. The second kappa shape index (κ2) is 10.7. The number of carbonyl (C=O) groups is 2. The summed E-state index contributed by atoms with van der Waals surface area (Å²) in [7, 11) is 0. The van der Waals surface area contributed by atoms with E-state index >= 15 is 0 Å². The summed E-state index contributed by atoms with van der Waals surface area (Å²) in [4.78, 5) is 32.0. The number of hydrogen-bond acceptors (Lipinski definition) is 5. The maximum atomic E-state index is 14.7. The molecular formula is C24H18F5IN4O4. The van der Waals surface area contributed by atoms with E-state index in [1.54, 1.807) is 47.3 Å². The van der Waals surface area contributed by atoms with Gasteiger partial charge < -0.3 is 19.1 Å². The minimum atomic E-state index is -5.08. The first-order chi connectivity index (χ1) is 17.8. The molecule has 0 radical (unpaired) electrons. The van der Waals surface area contributed by atoms with Crippen LogP contribution < -0.4 is 4.74 Å². The maximum absolute atomic E-state index is 14.7. The summed E-state index contributed by atoms with van der Waals surface area (Å²) >= 11 is 2.20. The normalized spacial score (nSPS) is 17.1. The van der Waals surface area contributed by atoms with Crippen LogP contribution in [0.3, 0.4) is 0 Å². The van der Waals surface area contributed by atoms with Crippen molar-refractivity contribution < 1.29 is 41.4 Å². The van der Waals surface area contributed by atoms with Crippen molar-refractivity contribution in [1.82, 2.24) is 19.3 Å². The van der Waals surface area contributed by atoms with Gasteiger partial charge in [0.2, 0.25) is 5.88 Å². The number of halogens is 6. The van der Waals surface area contributed by atoms with Gasteiger partial charge in [-0.2, -0.15) is 13.2 Å². The molecule has 38 heavy (non-hydrogen) atoms. The molecule has 1 amide bonds. The molecule has 1 aromatic carbocycles. The van der Waals surface area contributed by atoms with Crippen LogP contribution in [0, 0.1) is 3.57 Å². The molecule has 200 valence electrons. The van der Waals surface area contributed by atoms with Crippen LogP contribution in [-0.4, -0.2) is 67.5 Å². The molecule has 4 aromatic rings. The van der Waals surface area contributed by atoms with Gasteiger partial charge in [0.1, 0.15) is 5.65 Å². The van der Waals surface area contributed by atoms with Gasteiger partial charge in [0, 0.05) is 46.6 Å². The number of aliphatic carboxylic acids is 1. The first-order valence-corrected chi connectivity index (χ1v) is 12.0. The van der Waals surface area contributed by atoms with E-state index in [0.29, 0.717) is 16.7 Å². The van der Waals surface area contributed by atoms with E-state index in [9.17, 15) is 26.7 Å². The van der Waals surface area contributed by atoms with E-state index in [2.05, 4.69) is 32.6 Å². The molecule has 8 nitrogen and oxygen atoms in total. The van der Waals surface area contributed by atoms with Crippen LogP contribution in [0.5, 0.6) is 5.88 Å². The number of piperidine rings is 1. The number of nitrogens with zero attached hydrogens (tertiary/aromatic N) is 4. The number of imidazole rings is 1. The molecular weight excluding hydrogens is 630 g/mol. The van der Waals surface area contributed by atoms with Gasteiger partial charge in [-0.1, -0.05) is 0 Å². The smallest absolute Gasteiger partial charge is 0.475 e. The summed E-state index contributed by atoms with van der Waals surface area (Å²) in [5, 5.41) is 8.03. The first-order valence-electron chi connectivity index (χ1n) is 11.0. The van der Waals surface area contributed by atoms with E-state index in [4.69, 9.17) is 14.6 Å². The number of carboxylic acid groups (broad SMARTS) is 1. The molecule has 5 rings (SSSR count). The molecule has 0 bridgehead atoms. The highest BCUT2D eigenvalue weighted by molar-refractivity contribution is 14.1. The second-order valence-electron chi connectivity index (χ2n) is 8.24. The number of alkyl halides is 5. The molecule has 0 spiro atoms. The number of carbonyl (C=O) groups excluding carboxylic acids is 1. The van der Waals surface area contributed by atoms with E-state index < -0.39 is 30.6 Å². The third-order valence-electron chi connectivity index (χ3n) is 5.64. The van der Waals surface area contributed by atoms with Crippen molar-refractivity contribution in [2.24, 2.45) is 0 Å². The number of hydrogen-bond donors (Lipinski definition) is 1. The zero-order valence-electron chi connectivity index (χ0n) is 19.2. The van der Waals surface area contributed by atoms with Crippen LogP contribution in [0.25, 0.3) is 16.6 Å². The molecule has 0 unspecified atom stereocenters. The third kappa shape index (κ3) is 6.11. The average Bonchev–Trinajstić information content (AvgIpc) is 3.34. The van der Waals surface area contributed by atoms with Gasteiger partial charge in [-0.25, -0.2) is 23.5 Å². The van der Waals surface area contributed by atoms with Gasteiger partial charge in [0.25, 0.3) is 11.8 Å². The number of fused-ring (bicyclic) bond motifs is 2. The number of ether oxygens (including phenoxy) is 1. The summed E-state index contributed by atoms with van der Waals surface area (Å²) in [5.74, 6) is -6.06. The van der Waals surface area contributed by atoms with Crippen molar-refractivity contribution in [3.8, 4) is 5.88 Å². The Morgan fingerprint density at radius 1 is 1.13 bits per heavy atom. The Bertz CT molecular complexity index is 1490. The van der Waals surface area contributed by atoms with E-state index in [1.165, 1.54) is 4.90 Å². The molecule has 3 aromatic heterocycles. The maximum Gasteiger partial charge on any atom is 0.490 e. The van der Waals surface area contributed by atoms with Crippen molar-refractivity contribution in [2.45, 2.75) is 24.6 Å². The van der Waals surface area contributed by atoms with Crippen LogP contribution in [-0.2, 0) is 4.79 Å². The van der Waals surface area contributed by atoms with Gasteiger partial charge in [-0.15, -0.1) is 0 Å². The largest absolute Gasteiger partial charge is 0.490 e. The Morgan fingerprint density at radius 2 is 1.87 bits per heavy atom. The molecule has 1 aliphatic rings. The summed E-state index contributed by atoms with van der Waals surface area (Å²) in [6.07, 6.45) is -1.95. The van der Waals surface area contributed by atoms with Gasteiger partial charge in [-0.3, -0.25) is 4.79 Å². The SMILES string of the molecule is O=C(O)C(F)(F)F.O=C(c1cccn2ccnc12)N1CCC(F)(F)[C@@H](Oc2ccc3cc(I)ccc3n2)C1. The lowest BCUT2D eigenvalue weighted by atomic mass is 10.0. The Balaban J connectivity index is 0.000000426. The molecule has 1 fully saturated rings. The van der Waals surface area contributed by atoms with Crippen molar-refractivity contribution >= 4 is 51.0 Å². The molecule has 4 heterocycles. The number of rotatable bonds is 3. The van der Waals surface area contributed by atoms with Crippen molar-refractivity contribution in [2.75, 3.05) is 13.1 Å². The molecule has 1 aliphatic heterocycles. The monoisotopic (exact) mass is 648 g/mol. The van der Waals surface area contributed by atoms with Crippen LogP contribution in [0.4, 0.5) is 22.0 Å². The van der Waals surface area contributed by atoms with Crippen molar-refractivity contribution in [3.63, 3.8) is 0 Å². The molecule has 1 atom stereocenters.